The van der Waals surface area contributed by atoms with Crippen LogP contribution in [0.2, 0.25) is 0 Å². The van der Waals surface area contributed by atoms with Gasteiger partial charge in [0.05, 0.1) is 11.4 Å². The fraction of sp³-hybridized carbons (Fsp3) is 0.333. The molecule has 0 aliphatic heterocycles. The minimum atomic E-state index is 0.650. The molecule has 0 radical (unpaired) electrons. The first-order valence-electron chi connectivity index (χ1n) is 6.73. The lowest BCUT2D eigenvalue weighted by atomic mass is 10.2. The van der Waals surface area contributed by atoms with Crippen LogP contribution in [0, 0.1) is 6.92 Å². The molecule has 0 aliphatic rings. The highest BCUT2D eigenvalue weighted by Gasteiger charge is 2.06. The Morgan fingerprint density at radius 1 is 1.15 bits per heavy atom. The summed E-state index contributed by atoms with van der Waals surface area (Å²) in [6.07, 6.45) is 0. The van der Waals surface area contributed by atoms with E-state index in [2.05, 4.69) is 31.6 Å². The molecular weight excluding hydrogens is 250 g/mol. The smallest absolute Gasteiger partial charge is 0.224 e. The van der Waals surface area contributed by atoms with Crippen LogP contribution in [0.4, 0.5) is 23.1 Å². The molecule has 2 N–H and O–H groups in total. The maximum Gasteiger partial charge on any atom is 0.224 e. The van der Waals surface area contributed by atoms with Crippen molar-refractivity contribution in [2.75, 3.05) is 36.2 Å². The third-order valence-corrected chi connectivity index (χ3v) is 2.84. The number of aromatic nitrogens is 2. The van der Waals surface area contributed by atoms with Crippen molar-refractivity contribution >= 4 is 23.1 Å². The fourth-order valence-corrected chi connectivity index (χ4v) is 1.98. The van der Waals surface area contributed by atoms with Crippen molar-refractivity contribution in [1.29, 1.82) is 0 Å². The lowest BCUT2D eigenvalue weighted by Gasteiger charge is -2.18. The van der Waals surface area contributed by atoms with Crippen molar-refractivity contribution in [3.05, 3.63) is 36.0 Å². The summed E-state index contributed by atoms with van der Waals surface area (Å²) in [6.45, 7) is 4.79. The van der Waals surface area contributed by atoms with E-state index in [9.17, 15) is 0 Å². The number of benzene rings is 1. The van der Waals surface area contributed by atoms with E-state index in [1.165, 1.54) is 0 Å². The zero-order valence-electron chi connectivity index (χ0n) is 12.4. The quantitative estimate of drug-likeness (QED) is 0.875. The zero-order chi connectivity index (χ0) is 14.5. The molecule has 2 aromatic rings. The first-order valence-corrected chi connectivity index (χ1v) is 6.73. The summed E-state index contributed by atoms with van der Waals surface area (Å²) in [6, 6.07) is 10.1. The molecule has 0 amide bonds. The lowest BCUT2D eigenvalue weighted by Crippen LogP contribution is -2.11. The van der Waals surface area contributed by atoms with Crippen LogP contribution in [0.25, 0.3) is 0 Å². The van der Waals surface area contributed by atoms with Crippen molar-refractivity contribution < 1.29 is 0 Å². The van der Waals surface area contributed by atoms with Crippen LogP contribution in [0.3, 0.4) is 0 Å². The molecule has 1 aromatic carbocycles. The summed E-state index contributed by atoms with van der Waals surface area (Å²) in [5.41, 5.74) is 3.08. The molecule has 1 heterocycles. The zero-order valence-corrected chi connectivity index (χ0v) is 12.4. The molecule has 0 bridgehead atoms. The molecule has 0 saturated heterocycles. The molecule has 2 rings (SSSR count). The monoisotopic (exact) mass is 271 g/mol. The molecule has 0 saturated carbocycles. The van der Waals surface area contributed by atoms with E-state index in [1.54, 1.807) is 0 Å². The van der Waals surface area contributed by atoms with Crippen LogP contribution < -0.4 is 15.5 Å². The summed E-state index contributed by atoms with van der Waals surface area (Å²) >= 11 is 0. The van der Waals surface area contributed by atoms with Gasteiger partial charge in [-0.1, -0.05) is 12.1 Å². The minimum Gasteiger partial charge on any atom is -0.376 e. The Labute approximate surface area is 120 Å². The van der Waals surface area contributed by atoms with Crippen LogP contribution in [0.15, 0.2) is 30.3 Å². The van der Waals surface area contributed by atoms with Gasteiger partial charge in [0.15, 0.2) is 0 Å². The van der Waals surface area contributed by atoms with Crippen LogP contribution in [0.1, 0.15) is 12.6 Å². The third kappa shape index (κ3) is 3.38. The van der Waals surface area contributed by atoms with Gasteiger partial charge in [-0.3, -0.25) is 0 Å². The van der Waals surface area contributed by atoms with Crippen LogP contribution in [-0.2, 0) is 0 Å². The Hall–Kier alpha value is -2.30. The second-order valence-corrected chi connectivity index (χ2v) is 4.79. The van der Waals surface area contributed by atoms with Gasteiger partial charge in [0, 0.05) is 32.4 Å². The molecular formula is C15H21N5. The van der Waals surface area contributed by atoms with E-state index >= 15 is 0 Å². The SMILES string of the molecule is CCNc1nc(C)cc(Nc2ccccc2N(C)C)n1. The van der Waals surface area contributed by atoms with Gasteiger partial charge in [0.2, 0.25) is 5.95 Å². The molecule has 5 nitrogen and oxygen atoms in total. The molecule has 0 atom stereocenters. The number of hydrogen-bond donors (Lipinski definition) is 2. The van der Waals surface area contributed by atoms with E-state index in [1.807, 2.05) is 52.2 Å². The maximum atomic E-state index is 4.47. The highest BCUT2D eigenvalue weighted by atomic mass is 15.2. The average Bonchev–Trinajstić information content (AvgIpc) is 2.38. The van der Waals surface area contributed by atoms with Crippen molar-refractivity contribution in [3.63, 3.8) is 0 Å². The van der Waals surface area contributed by atoms with Gasteiger partial charge >= 0.3 is 0 Å². The first kappa shape index (κ1) is 14.1. The number of hydrogen-bond acceptors (Lipinski definition) is 5. The maximum absolute atomic E-state index is 4.47. The number of anilines is 4. The van der Waals surface area contributed by atoms with Gasteiger partial charge in [-0.05, 0) is 26.0 Å². The predicted octanol–water partition coefficient (Wildman–Crippen LogP) is 3.03. The summed E-state index contributed by atoms with van der Waals surface area (Å²) in [7, 11) is 4.05. The number of nitrogens with zero attached hydrogens (tertiary/aromatic N) is 3. The average molecular weight is 271 g/mol. The third-order valence-electron chi connectivity index (χ3n) is 2.84. The standard InChI is InChI=1S/C15H21N5/c1-5-16-15-17-11(2)10-14(19-15)18-12-8-6-7-9-13(12)20(3)4/h6-10H,5H2,1-4H3,(H2,16,17,18,19). The van der Waals surface area contributed by atoms with Crippen LogP contribution in [0.5, 0.6) is 0 Å². The van der Waals surface area contributed by atoms with Gasteiger partial charge in [-0.2, -0.15) is 4.98 Å². The van der Waals surface area contributed by atoms with Gasteiger partial charge in [0.1, 0.15) is 5.82 Å². The molecule has 106 valence electrons. The number of rotatable bonds is 5. The largest absolute Gasteiger partial charge is 0.376 e. The normalized spacial score (nSPS) is 10.2. The number of para-hydroxylation sites is 2. The van der Waals surface area contributed by atoms with Crippen molar-refractivity contribution in [1.82, 2.24) is 9.97 Å². The number of aryl methyl sites for hydroxylation is 1. The second-order valence-electron chi connectivity index (χ2n) is 4.79. The summed E-state index contributed by atoms with van der Waals surface area (Å²) in [5, 5.41) is 6.50. The van der Waals surface area contributed by atoms with Gasteiger partial charge in [-0.25, -0.2) is 4.98 Å². The highest BCUT2D eigenvalue weighted by Crippen LogP contribution is 2.26. The molecule has 0 aliphatic carbocycles. The van der Waals surface area contributed by atoms with Crippen molar-refractivity contribution in [2.24, 2.45) is 0 Å². The number of nitrogens with one attached hydrogen (secondary N) is 2. The van der Waals surface area contributed by atoms with E-state index in [-0.39, 0.29) is 0 Å². The molecule has 0 fully saturated rings. The Kier molecular flexibility index (Phi) is 4.40. The summed E-state index contributed by atoms with van der Waals surface area (Å²) in [4.78, 5) is 10.9. The summed E-state index contributed by atoms with van der Waals surface area (Å²) < 4.78 is 0. The Balaban J connectivity index is 2.30. The minimum absolute atomic E-state index is 0.650. The van der Waals surface area contributed by atoms with Crippen LogP contribution in [-0.4, -0.2) is 30.6 Å². The Morgan fingerprint density at radius 2 is 1.90 bits per heavy atom. The molecule has 1 aromatic heterocycles. The second kappa shape index (κ2) is 6.23. The van der Waals surface area contributed by atoms with Gasteiger partial charge in [0.25, 0.3) is 0 Å². The molecule has 20 heavy (non-hydrogen) atoms. The van der Waals surface area contributed by atoms with E-state index in [0.717, 1.165) is 29.4 Å². The summed E-state index contributed by atoms with van der Waals surface area (Å²) in [5.74, 6) is 1.44. The van der Waals surface area contributed by atoms with Crippen molar-refractivity contribution in [3.8, 4) is 0 Å². The van der Waals surface area contributed by atoms with E-state index in [0.29, 0.717) is 5.95 Å². The molecule has 0 spiro atoms. The van der Waals surface area contributed by atoms with E-state index < -0.39 is 0 Å². The van der Waals surface area contributed by atoms with Crippen LogP contribution >= 0.6 is 0 Å². The highest BCUT2D eigenvalue weighted by molar-refractivity contribution is 5.74. The molecule has 5 heteroatoms. The van der Waals surface area contributed by atoms with Gasteiger partial charge in [-0.15, -0.1) is 0 Å². The fourth-order valence-electron chi connectivity index (χ4n) is 1.98. The Morgan fingerprint density at radius 3 is 2.60 bits per heavy atom. The van der Waals surface area contributed by atoms with Crippen molar-refractivity contribution in [2.45, 2.75) is 13.8 Å². The Bertz CT molecular complexity index is 580. The van der Waals surface area contributed by atoms with E-state index in [4.69, 9.17) is 0 Å². The first-order chi connectivity index (χ1) is 9.60. The topological polar surface area (TPSA) is 53.1 Å². The lowest BCUT2D eigenvalue weighted by molar-refractivity contribution is 1.05. The van der Waals surface area contributed by atoms with Gasteiger partial charge < -0.3 is 15.5 Å². The molecule has 0 unspecified atom stereocenters. The predicted molar refractivity (Wildman–Crippen MR) is 85.0 cm³/mol.